The number of carboxylic acid groups (broad SMARTS) is 1. The van der Waals surface area contributed by atoms with E-state index in [1.807, 2.05) is 0 Å². The van der Waals surface area contributed by atoms with Gasteiger partial charge in [0.15, 0.2) is 0 Å². The Bertz CT molecular complexity index is 3120. The average molecular weight is 1660 g/mol. The van der Waals surface area contributed by atoms with E-state index in [1.165, 1.54) is 48.7 Å². The number of carbonyl (C=O) groups is 14. The first-order valence-corrected chi connectivity index (χ1v) is 32.6. The van der Waals surface area contributed by atoms with E-state index in [1.54, 1.807) is 49.1 Å². The van der Waals surface area contributed by atoms with Crippen molar-refractivity contribution in [2.24, 2.45) is 5.92 Å². The molecule has 0 saturated carbocycles. The number of rotatable bonds is 28. The fourth-order valence-corrected chi connectivity index (χ4v) is 12.2. The van der Waals surface area contributed by atoms with Crippen molar-refractivity contribution in [2.45, 2.75) is 107 Å². The van der Waals surface area contributed by atoms with Gasteiger partial charge in [-0.15, -0.1) is 0 Å². The van der Waals surface area contributed by atoms with E-state index in [-0.39, 0.29) is 181 Å². The Labute approximate surface area is 626 Å². The summed E-state index contributed by atoms with van der Waals surface area (Å²) in [5, 5.41) is 50.6. The number of phenols is 1. The maximum atomic E-state index is 15.1. The molecule has 0 unspecified atom stereocenters. The van der Waals surface area contributed by atoms with Gasteiger partial charge in [0.25, 0.3) is 0 Å². The van der Waals surface area contributed by atoms with Crippen LogP contribution in [0.5, 0.6) is 5.75 Å². The predicted octanol–water partition coefficient (Wildman–Crippen LogP) is -4.38. The molecular weight excluding hydrogens is 1580 g/mol. The molecule has 0 aliphatic carbocycles. The summed E-state index contributed by atoms with van der Waals surface area (Å²) in [6.07, 6.45) is 1.43. The minimum atomic E-state index is -1.80. The van der Waals surface area contributed by atoms with Crippen molar-refractivity contribution >= 4 is 104 Å². The van der Waals surface area contributed by atoms with Gasteiger partial charge in [-0.25, -0.2) is 4.98 Å². The third kappa shape index (κ3) is 29.8. The Balaban J connectivity index is 0.0000120. The van der Waals surface area contributed by atoms with Gasteiger partial charge in [-0.05, 0) is 48.4 Å². The molecule has 0 spiro atoms. The molecule has 36 heteroatoms. The summed E-state index contributed by atoms with van der Waals surface area (Å²) in [4.78, 5) is 199. The third-order valence-corrected chi connectivity index (χ3v) is 17.0. The molecule has 0 radical (unpaired) electrons. The zero-order valence-corrected chi connectivity index (χ0v) is 59.1. The molecular formula is C60H82Gd2N16O16S2-2. The van der Waals surface area contributed by atoms with Crippen molar-refractivity contribution in [3.63, 3.8) is 0 Å². The van der Waals surface area contributed by atoms with Gasteiger partial charge in [-0.1, -0.05) is 77.9 Å². The summed E-state index contributed by atoms with van der Waals surface area (Å²) in [5.41, 5.74) is 1.33. The Hall–Kier alpha value is -6.92. The number of phenolic OH excluding ortho intramolecular Hbond substituents is 1. The van der Waals surface area contributed by atoms with Crippen LogP contribution < -0.4 is 63.8 Å². The van der Waals surface area contributed by atoms with Gasteiger partial charge < -0.3 is 107 Å². The Morgan fingerprint density at radius 3 is 1.91 bits per heavy atom. The van der Waals surface area contributed by atoms with E-state index in [9.17, 15) is 72.5 Å². The van der Waals surface area contributed by atoms with Crippen molar-refractivity contribution in [1.29, 1.82) is 0 Å². The van der Waals surface area contributed by atoms with E-state index in [4.69, 9.17) is 0 Å². The topological polar surface area (TPSA) is 459 Å². The monoisotopic (exact) mass is 1660 g/mol. The predicted molar refractivity (Wildman–Crippen MR) is 342 cm³/mol. The summed E-state index contributed by atoms with van der Waals surface area (Å²) < 4.78 is 0. The molecule has 96 heavy (non-hydrogen) atoms. The maximum Gasteiger partial charge on any atom is 0.305 e. The molecule has 3 heterocycles. The molecule has 2 aliphatic heterocycles. The Kier molecular flexibility index (Phi) is 37.6. The minimum Gasteiger partial charge on any atom is -0.508 e. The summed E-state index contributed by atoms with van der Waals surface area (Å²) in [6.45, 7) is 9.12. The summed E-state index contributed by atoms with van der Waals surface area (Å²) in [7, 11) is 3.35. The van der Waals surface area contributed by atoms with Crippen molar-refractivity contribution in [3.05, 3.63) is 97.8 Å². The van der Waals surface area contributed by atoms with Gasteiger partial charge in [-0.3, -0.25) is 62.4 Å². The zero-order chi connectivity index (χ0) is 68.9. The molecule has 2 aliphatic rings. The van der Waals surface area contributed by atoms with Crippen molar-refractivity contribution in [2.75, 3.05) is 70.9 Å². The number of fused-ring (bicyclic) bond motifs is 1. The molecule has 3 aromatic rings. The number of aliphatic carboxylic acids is 1. The molecule has 528 valence electrons. The molecule has 32 nitrogen and oxygen atoms in total. The molecule has 8 atom stereocenters. The molecule has 1 aromatic heterocycles. The average Bonchev–Trinajstić information content (AvgIpc) is 1.69. The second-order valence-corrected chi connectivity index (χ2v) is 25.0. The first kappa shape index (κ1) is 83.3. The number of benzene rings is 2. The number of carboxylic acids is 1. The zero-order valence-electron chi connectivity index (χ0n) is 53.0. The molecule has 2 aromatic carbocycles. The van der Waals surface area contributed by atoms with Crippen LogP contribution in [0.3, 0.4) is 0 Å². The van der Waals surface area contributed by atoms with E-state index >= 15 is 4.79 Å². The summed E-state index contributed by atoms with van der Waals surface area (Å²) in [6, 6.07) is 2.42. The fraction of sp³-hybridized carbons (Fsp3) is 0.483. The van der Waals surface area contributed by atoms with Gasteiger partial charge in [0, 0.05) is 162 Å². The number of aromatic amines is 1. The summed E-state index contributed by atoms with van der Waals surface area (Å²) >= 11 is 0. The number of likely N-dealkylation sites (N-methyl/N-ethyl adjacent to an activating group) is 1. The Morgan fingerprint density at radius 2 is 1.29 bits per heavy atom. The molecule has 15 N–H and O–H groups in total. The number of H-pyrrole nitrogens is 1. The van der Waals surface area contributed by atoms with Gasteiger partial charge in [0.05, 0.1) is 44.2 Å². The van der Waals surface area contributed by atoms with E-state index in [0.717, 1.165) is 21.6 Å². The van der Waals surface area contributed by atoms with Crippen LogP contribution in [0.4, 0.5) is 0 Å². The minimum absolute atomic E-state index is 0. The van der Waals surface area contributed by atoms with Crippen molar-refractivity contribution in [1.82, 2.24) is 83.6 Å². The van der Waals surface area contributed by atoms with Gasteiger partial charge in [-0.2, -0.15) is 0 Å². The van der Waals surface area contributed by atoms with Crippen LogP contribution in [0, 0.1) is 99.6 Å². The van der Waals surface area contributed by atoms with Gasteiger partial charge >= 0.3 is 5.97 Å². The standard InChI is InChI=1S/C60H82N16O16S2.2Gd/c1-34(2)22-41-54(86)73-46(53(85)61-5)31-93-94-32-47(60(92)76-19-9-12-48(76)59(91)72-43(24-38-13-15-40(79)16-14-38)56(88)71-45(26-52(83)84)58(90)69-41)74-57(89)44(25-39-27-62-33-67-39)70-55(87)42(23-37-10-7-6-8-11-37)68-50(81)29-65-49(80)28-66-51(82)30-75(20-17-63-35(3)77)21-18-64-36(4)78;;/h6-8,10-11,13-16,27,33-34,41-48,79H,3-4,9,12,17-26,28-32H2,1-2,5H3,(H,61,85)(H,62,67)(H,63,77)(H,64,78)(H,65,80)(H,66,82)(H,68,81)(H,69,90)(H,70,87)(H,71,88)(H,72,91)(H,73,86)(H,74,89)(H,83,84);;/q-2;;/t41-,42-,43-,44-,45-,46-,47-,48-;;/m0../s1. The van der Waals surface area contributed by atoms with Crippen LogP contribution in [0.25, 0.3) is 0 Å². The first-order valence-electron chi connectivity index (χ1n) is 30.1. The van der Waals surface area contributed by atoms with Gasteiger partial charge in [0.1, 0.15) is 54.1 Å². The smallest absolute Gasteiger partial charge is 0.305 e. The van der Waals surface area contributed by atoms with E-state index in [0.29, 0.717) is 16.8 Å². The summed E-state index contributed by atoms with van der Waals surface area (Å²) in [5.74, 6) is -12.6. The van der Waals surface area contributed by atoms with Crippen LogP contribution in [-0.2, 0) is 86.4 Å². The number of carbonyl (C=O) groups excluding carboxylic acids is 13. The van der Waals surface area contributed by atoms with Crippen LogP contribution in [0.15, 0.2) is 67.1 Å². The second kappa shape index (κ2) is 43.4. The number of hydrogen-bond donors (Lipinski definition) is 15. The third-order valence-electron chi connectivity index (χ3n) is 14.6. The fourth-order valence-electron chi connectivity index (χ4n) is 9.85. The van der Waals surface area contributed by atoms with E-state index < -0.39 is 151 Å². The van der Waals surface area contributed by atoms with Gasteiger partial charge in [0.2, 0.25) is 65.0 Å². The van der Waals surface area contributed by atoms with Crippen molar-refractivity contribution < 1.29 is 157 Å². The number of imidazole rings is 1. The SMILES string of the molecule is [CH2-]C(=O)NCCN(CCNC([CH2-])=O)CC(=O)NCC(=O)NCC(=O)N[C@@H](Cc1ccccc1)C(=O)N[C@@H](Cc1cnc[nH]1)C(=O)N[C@H]1CSSC[C@@H](C(=O)NC)NC(=O)[C@H](CC(C)C)NC(=O)[C@H](CC(=O)O)NC(=O)[C@H](Cc2ccc(O)cc2)NC(=O)[C@@H]2CCCN2C1=O.[Gd].[Gd]. The molecule has 5 rings (SSSR count). The maximum absolute atomic E-state index is 15.1. The number of aromatic hydroxyl groups is 1. The number of hydrogen-bond acceptors (Lipinski definition) is 19. The quantitative estimate of drug-likeness (QED) is 0.0241. The number of aromatic nitrogens is 2. The van der Waals surface area contributed by atoms with E-state index in [2.05, 4.69) is 87.6 Å². The number of nitrogens with one attached hydrogen (secondary N) is 13. The molecule has 13 amide bonds. The molecule has 2 fully saturated rings. The number of amides is 13. The van der Waals surface area contributed by atoms with Crippen LogP contribution >= 0.6 is 21.6 Å². The van der Waals surface area contributed by atoms with Crippen LogP contribution in [-0.4, -0.2) is 232 Å². The number of nitrogens with zero attached hydrogens (tertiary/aromatic N) is 3. The molecule has 0 bridgehead atoms. The first-order chi connectivity index (χ1) is 44.8. The van der Waals surface area contributed by atoms with Crippen LogP contribution in [0.1, 0.15) is 56.4 Å². The van der Waals surface area contributed by atoms with Crippen molar-refractivity contribution in [3.8, 4) is 5.75 Å². The Morgan fingerprint density at radius 1 is 0.698 bits per heavy atom. The molecule has 2 saturated heterocycles. The second-order valence-electron chi connectivity index (χ2n) is 22.5. The largest absolute Gasteiger partial charge is 0.508 e. The normalized spacial score (nSPS) is 19.3. The van der Waals surface area contributed by atoms with Crippen LogP contribution in [0.2, 0.25) is 0 Å².